The average Bonchev–Trinajstić information content (AvgIpc) is 2.75. The van der Waals surface area contributed by atoms with Crippen LogP contribution in [-0.4, -0.2) is 9.76 Å². The van der Waals surface area contributed by atoms with Crippen molar-refractivity contribution >= 4 is 9.76 Å². The molecule has 0 bridgehead atoms. The Bertz CT molecular complexity index is 1250. The van der Waals surface area contributed by atoms with Gasteiger partial charge in [0, 0.05) is 12.1 Å². The Kier molecular flexibility index (Phi) is 8.77. The summed E-state index contributed by atoms with van der Waals surface area (Å²) in [5, 5.41) is 0. The molecule has 4 heteroatoms. The summed E-state index contributed by atoms with van der Waals surface area (Å²) in [6.07, 6.45) is 0. The second-order valence-corrected chi connectivity index (χ2v) is 16.3. The van der Waals surface area contributed by atoms with Crippen LogP contribution < -0.4 is 13.9 Å². The summed E-state index contributed by atoms with van der Waals surface area (Å²) in [6, 6.07) is 19.0. The van der Waals surface area contributed by atoms with Crippen molar-refractivity contribution in [1.82, 2.24) is 0 Å². The predicted molar refractivity (Wildman–Crippen MR) is 165 cm³/mol. The van der Waals surface area contributed by atoms with E-state index in [4.69, 9.17) is 13.9 Å². The first kappa shape index (κ1) is 29.8. The van der Waals surface area contributed by atoms with Crippen molar-refractivity contribution in [3.63, 3.8) is 0 Å². The van der Waals surface area contributed by atoms with Gasteiger partial charge in [-0.3, -0.25) is 0 Å². The minimum atomic E-state index is -0.656. The first-order valence-corrected chi connectivity index (χ1v) is 15.2. The maximum Gasteiger partial charge on any atom is 0.222 e. The van der Waals surface area contributed by atoms with Crippen LogP contribution in [0.1, 0.15) is 98.4 Å². The van der Waals surface area contributed by atoms with Gasteiger partial charge < -0.3 is 13.9 Å². The van der Waals surface area contributed by atoms with E-state index in [1.165, 1.54) is 16.7 Å². The van der Waals surface area contributed by atoms with E-state index in [1.807, 2.05) is 12.1 Å². The van der Waals surface area contributed by atoms with Gasteiger partial charge in [0.05, 0.1) is 0 Å². The second kappa shape index (κ2) is 11.2. The van der Waals surface area contributed by atoms with E-state index in [0.717, 1.165) is 34.3 Å². The first-order valence-electron chi connectivity index (χ1n) is 13.8. The minimum absolute atomic E-state index is 0.0195. The highest BCUT2D eigenvalue weighted by Gasteiger charge is 2.20. The second-order valence-electron chi connectivity index (χ2n) is 14.1. The number of hydrogen-bond donors (Lipinski definition) is 0. The largest absolute Gasteiger partial charge is 0.549 e. The van der Waals surface area contributed by atoms with Gasteiger partial charge in [-0.25, -0.2) is 0 Å². The zero-order valence-corrected chi connectivity index (χ0v) is 27.1. The molecule has 0 spiro atoms. The number of ether oxygens (including phenoxy) is 2. The molecule has 3 nitrogen and oxygen atoms in total. The molecule has 0 aromatic heterocycles. The summed E-state index contributed by atoms with van der Waals surface area (Å²) in [6.45, 7) is 26.5. The van der Waals surface area contributed by atoms with Crippen LogP contribution in [0, 0.1) is 6.92 Å². The fourth-order valence-electron chi connectivity index (χ4n) is 4.04. The molecule has 0 saturated heterocycles. The lowest BCUT2D eigenvalue weighted by Crippen LogP contribution is -2.13. The van der Waals surface area contributed by atoms with Crippen LogP contribution in [0.5, 0.6) is 28.7 Å². The van der Waals surface area contributed by atoms with Crippen molar-refractivity contribution in [2.45, 2.75) is 105 Å². The highest BCUT2D eigenvalue weighted by atomic mass is 28.2. The van der Waals surface area contributed by atoms with Crippen LogP contribution in [0.2, 0.25) is 5.54 Å². The Labute approximate surface area is 233 Å². The van der Waals surface area contributed by atoms with Crippen molar-refractivity contribution in [1.29, 1.82) is 0 Å². The molecule has 0 heterocycles. The topological polar surface area (TPSA) is 27.7 Å². The van der Waals surface area contributed by atoms with E-state index in [2.05, 4.69) is 126 Å². The lowest BCUT2D eigenvalue weighted by atomic mass is 9.86. The Morgan fingerprint density at radius 2 is 0.842 bits per heavy atom. The van der Waals surface area contributed by atoms with Crippen LogP contribution >= 0.6 is 0 Å². The number of rotatable bonds is 7. The monoisotopic (exact) mass is 532 g/mol. The molecule has 0 aliphatic carbocycles. The number of hydrogen-bond acceptors (Lipinski definition) is 3. The molecule has 0 amide bonds. The zero-order chi connectivity index (χ0) is 28.5. The molecular formula is C34H48O3Si. The molecular weight excluding hydrogens is 484 g/mol. The number of aryl methyl sites for hydroxylation is 1. The van der Waals surface area contributed by atoms with E-state index in [-0.39, 0.29) is 16.2 Å². The molecule has 206 valence electrons. The third kappa shape index (κ3) is 8.39. The van der Waals surface area contributed by atoms with E-state index in [9.17, 15) is 0 Å². The maximum absolute atomic E-state index is 6.53. The third-order valence-electron chi connectivity index (χ3n) is 6.46. The summed E-state index contributed by atoms with van der Waals surface area (Å²) in [5.41, 5.74) is 5.34. The molecule has 0 aliphatic heterocycles. The molecule has 0 fully saturated rings. The van der Waals surface area contributed by atoms with Crippen LogP contribution in [-0.2, 0) is 16.2 Å². The van der Waals surface area contributed by atoms with Crippen molar-refractivity contribution < 1.29 is 13.9 Å². The summed E-state index contributed by atoms with van der Waals surface area (Å²) in [5.74, 6) is 4.05. The molecule has 0 radical (unpaired) electrons. The number of benzene rings is 3. The highest BCUT2D eigenvalue weighted by molar-refractivity contribution is 6.30. The maximum atomic E-state index is 6.53. The van der Waals surface area contributed by atoms with E-state index >= 15 is 0 Å². The summed E-state index contributed by atoms with van der Waals surface area (Å²) in [4.78, 5) is 0. The smallest absolute Gasteiger partial charge is 0.222 e. The Morgan fingerprint density at radius 1 is 0.500 bits per heavy atom. The van der Waals surface area contributed by atoms with Gasteiger partial charge in [0.2, 0.25) is 9.76 Å². The summed E-state index contributed by atoms with van der Waals surface area (Å²) >= 11 is 0. The summed E-state index contributed by atoms with van der Waals surface area (Å²) < 4.78 is 19.3. The fourth-order valence-corrected chi connectivity index (χ4v) is 4.74. The SMILES string of the molecule is Cc1cc(Oc2cc(Oc3cc(O[SiH2]C(C)C)cc(C(C)(C)C)c3)cc(C(C)(C)C)c2)cc(C(C)(C)C)c1. The van der Waals surface area contributed by atoms with Crippen LogP contribution in [0.4, 0.5) is 0 Å². The molecule has 38 heavy (non-hydrogen) atoms. The van der Waals surface area contributed by atoms with Gasteiger partial charge in [-0.1, -0.05) is 82.2 Å². The molecule has 3 aromatic carbocycles. The molecule has 0 aliphatic rings. The van der Waals surface area contributed by atoms with Gasteiger partial charge in [-0.2, -0.15) is 0 Å². The van der Waals surface area contributed by atoms with Gasteiger partial charge in [0.1, 0.15) is 28.7 Å². The molecule has 0 unspecified atom stereocenters. The molecule has 0 atom stereocenters. The predicted octanol–water partition coefficient (Wildman–Crippen LogP) is 9.76. The van der Waals surface area contributed by atoms with Gasteiger partial charge in [-0.15, -0.1) is 0 Å². The van der Waals surface area contributed by atoms with Crippen molar-refractivity contribution in [2.75, 3.05) is 0 Å². The Balaban J connectivity index is 2.02. The Morgan fingerprint density at radius 3 is 1.24 bits per heavy atom. The fraction of sp³-hybridized carbons (Fsp3) is 0.471. The quantitative estimate of drug-likeness (QED) is 0.283. The van der Waals surface area contributed by atoms with Crippen LogP contribution in [0.3, 0.4) is 0 Å². The Hall–Kier alpha value is -2.72. The average molecular weight is 533 g/mol. The van der Waals surface area contributed by atoms with Crippen LogP contribution in [0.25, 0.3) is 0 Å². The zero-order valence-electron chi connectivity index (χ0n) is 25.7. The molecule has 3 rings (SSSR count). The third-order valence-corrected chi connectivity index (χ3v) is 7.63. The normalized spacial score (nSPS) is 12.9. The molecule has 0 saturated carbocycles. The minimum Gasteiger partial charge on any atom is -0.549 e. The van der Waals surface area contributed by atoms with E-state index in [1.54, 1.807) is 0 Å². The summed E-state index contributed by atoms with van der Waals surface area (Å²) in [7, 11) is -0.656. The van der Waals surface area contributed by atoms with Crippen LogP contribution in [0.15, 0.2) is 54.6 Å². The standard InChI is InChI=1S/C34H48O3Si/c1-22(2)38-37-31-19-26(34(10,11)12)18-30(21-31)36-29-17-25(33(7,8)9)16-28(20-29)35-27-14-23(3)13-24(15-27)32(4,5)6/h13-22H,38H2,1-12H3. The van der Waals surface area contributed by atoms with Crippen molar-refractivity contribution in [3.05, 3.63) is 76.9 Å². The highest BCUT2D eigenvalue weighted by Crippen LogP contribution is 2.38. The lowest BCUT2D eigenvalue weighted by Gasteiger charge is -2.24. The van der Waals surface area contributed by atoms with Gasteiger partial charge >= 0.3 is 0 Å². The van der Waals surface area contributed by atoms with E-state index < -0.39 is 9.76 Å². The van der Waals surface area contributed by atoms with Crippen molar-refractivity contribution in [2.24, 2.45) is 0 Å². The first-order chi connectivity index (χ1) is 17.4. The van der Waals surface area contributed by atoms with Gasteiger partial charge in [0.15, 0.2) is 0 Å². The van der Waals surface area contributed by atoms with E-state index in [0.29, 0.717) is 5.54 Å². The van der Waals surface area contributed by atoms with Crippen molar-refractivity contribution in [3.8, 4) is 28.7 Å². The lowest BCUT2D eigenvalue weighted by molar-refractivity contribution is 0.449. The molecule has 3 aromatic rings. The van der Waals surface area contributed by atoms with Gasteiger partial charge in [-0.05, 0) is 87.4 Å². The molecule has 0 N–H and O–H groups in total. The van der Waals surface area contributed by atoms with Gasteiger partial charge in [0.25, 0.3) is 0 Å².